The van der Waals surface area contributed by atoms with Gasteiger partial charge in [0.1, 0.15) is 0 Å². The summed E-state index contributed by atoms with van der Waals surface area (Å²) in [6.07, 6.45) is 2.09. The molecule has 1 aliphatic carbocycles. The van der Waals surface area contributed by atoms with E-state index in [0.29, 0.717) is 24.0 Å². The molecule has 0 heterocycles. The Hall–Kier alpha value is -1.35. The van der Waals surface area contributed by atoms with Gasteiger partial charge in [-0.15, -0.1) is 0 Å². The molecule has 0 aliphatic heterocycles. The van der Waals surface area contributed by atoms with Crippen LogP contribution in [0.1, 0.15) is 23.2 Å². The summed E-state index contributed by atoms with van der Waals surface area (Å²) < 4.78 is 5.21. The molecule has 0 bridgehead atoms. The maximum absolute atomic E-state index is 11.6. The Morgan fingerprint density at radius 2 is 1.94 bits per heavy atom. The molecular weight excluding hydrogens is 204 g/mol. The molecule has 0 aromatic heterocycles. The highest BCUT2D eigenvalue weighted by molar-refractivity contribution is 5.89. The van der Waals surface area contributed by atoms with E-state index in [2.05, 4.69) is 0 Å². The van der Waals surface area contributed by atoms with E-state index in [4.69, 9.17) is 9.84 Å². The van der Waals surface area contributed by atoms with Gasteiger partial charge in [0.25, 0.3) is 0 Å². The van der Waals surface area contributed by atoms with Gasteiger partial charge in [-0.2, -0.15) is 0 Å². The second kappa shape index (κ2) is 5.12. The van der Waals surface area contributed by atoms with E-state index >= 15 is 0 Å². The molecular formula is C13H16O3. The second-order valence-corrected chi connectivity index (χ2v) is 4.24. The van der Waals surface area contributed by atoms with Crippen molar-refractivity contribution in [3.05, 3.63) is 35.9 Å². The van der Waals surface area contributed by atoms with E-state index in [9.17, 15) is 4.79 Å². The highest BCUT2D eigenvalue weighted by Gasteiger charge is 2.31. The SMILES string of the molecule is O=C(OCC1CCC1CO)c1ccccc1. The van der Waals surface area contributed by atoms with Crippen LogP contribution in [0.25, 0.3) is 0 Å². The molecule has 3 heteroatoms. The summed E-state index contributed by atoms with van der Waals surface area (Å²) in [6, 6.07) is 8.98. The number of aliphatic hydroxyl groups is 1. The number of hydrogen-bond acceptors (Lipinski definition) is 3. The van der Waals surface area contributed by atoms with Crippen molar-refractivity contribution in [1.29, 1.82) is 0 Å². The maximum Gasteiger partial charge on any atom is 0.338 e. The first-order valence-corrected chi connectivity index (χ1v) is 5.64. The first kappa shape index (κ1) is 11.1. The van der Waals surface area contributed by atoms with Crippen molar-refractivity contribution < 1.29 is 14.6 Å². The Morgan fingerprint density at radius 3 is 2.50 bits per heavy atom. The molecule has 2 rings (SSSR count). The van der Waals surface area contributed by atoms with Crippen LogP contribution < -0.4 is 0 Å². The molecule has 16 heavy (non-hydrogen) atoms. The normalized spacial score (nSPS) is 23.6. The van der Waals surface area contributed by atoms with Gasteiger partial charge in [-0.05, 0) is 36.8 Å². The second-order valence-electron chi connectivity index (χ2n) is 4.24. The molecule has 1 fully saturated rings. The van der Waals surface area contributed by atoms with Crippen LogP contribution in [0.15, 0.2) is 30.3 Å². The topological polar surface area (TPSA) is 46.5 Å². The van der Waals surface area contributed by atoms with Crippen molar-refractivity contribution in [2.75, 3.05) is 13.2 Å². The third kappa shape index (κ3) is 2.42. The number of benzene rings is 1. The lowest BCUT2D eigenvalue weighted by Gasteiger charge is -2.34. The van der Waals surface area contributed by atoms with Gasteiger partial charge >= 0.3 is 5.97 Å². The van der Waals surface area contributed by atoms with Crippen LogP contribution in [-0.4, -0.2) is 24.3 Å². The van der Waals surface area contributed by atoms with E-state index in [0.717, 1.165) is 12.8 Å². The fourth-order valence-corrected chi connectivity index (χ4v) is 1.94. The predicted octanol–water partition coefficient (Wildman–Crippen LogP) is 1.86. The van der Waals surface area contributed by atoms with Crippen LogP contribution >= 0.6 is 0 Å². The minimum atomic E-state index is -0.274. The maximum atomic E-state index is 11.6. The molecule has 2 unspecified atom stereocenters. The van der Waals surface area contributed by atoms with Gasteiger partial charge < -0.3 is 9.84 Å². The van der Waals surface area contributed by atoms with Crippen molar-refractivity contribution in [1.82, 2.24) is 0 Å². The molecule has 1 aliphatic rings. The van der Waals surface area contributed by atoms with Crippen LogP contribution in [0.2, 0.25) is 0 Å². The number of carbonyl (C=O) groups excluding carboxylic acids is 1. The summed E-state index contributed by atoms with van der Waals surface area (Å²) in [6.45, 7) is 0.631. The zero-order valence-corrected chi connectivity index (χ0v) is 9.13. The molecule has 1 N–H and O–H groups in total. The molecule has 1 aromatic carbocycles. The highest BCUT2D eigenvalue weighted by atomic mass is 16.5. The Morgan fingerprint density at radius 1 is 1.25 bits per heavy atom. The smallest absolute Gasteiger partial charge is 0.338 e. The van der Waals surface area contributed by atoms with Gasteiger partial charge in [0.05, 0.1) is 12.2 Å². The molecule has 0 radical (unpaired) electrons. The molecule has 1 saturated carbocycles. The predicted molar refractivity (Wildman–Crippen MR) is 60.0 cm³/mol. The quantitative estimate of drug-likeness (QED) is 0.788. The summed E-state index contributed by atoms with van der Waals surface area (Å²) >= 11 is 0. The fourth-order valence-electron chi connectivity index (χ4n) is 1.94. The fraction of sp³-hybridized carbons (Fsp3) is 0.462. The first-order valence-electron chi connectivity index (χ1n) is 5.64. The van der Waals surface area contributed by atoms with Crippen molar-refractivity contribution >= 4 is 5.97 Å². The third-order valence-electron chi connectivity index (χ3n) is 3.25. The third-order valence-corrected chi connectivity index (χ3v) is 3.25. The number of ether oxygens (including phenoxy) is 1. The van der Waals surface area contributed by atoms with E-state index in [-0.39, 0.29) is 12.6 Å². The average Bonchev–Trinajstić information content (AvgIpc) is 2.29. The summed E-state index contributed by atoms with van der Waals surface area (Å²) in [5.74, 6) is 0.394. The molecule has 2 atom stereocenters. The lowest BCUT2D eigenvalue weighted by molar-refractivity contribution is 0.0103. The number of carbonyl (C=O) groups is 1. The zero-order chi connectivity index (χ0) is 11.4. The van der Waals surface area contributed by atoms with Crippen LogP contribution in [0.3, 0.4) is 0 Å². The van der Waals surface area contributed by atoms with Gasteiger partial charge in [-0.25, -0.2) is 4.79 Å². The number of aliphatic hydroxyl groups excluding tert-OH is 1. The number of hydrogen-bond donors (Lipinski definition) is 1. The van der Waals surface area contributed by atoms with Crippen LogP contribution in [-0.2, 0) is 4.74 Å². The molecule has 0 spiro atoms. The monoisotopic (exact) mass is 220 g/mol. The Bertz CT molecular complexity index is 345. The van der Waals surface area contributed by atoms with Crippen LogP contribution in [0.5, 0.6) is 0 Å². The van der Waals surface area contributed by atoms with Crippen molar-refractivity contribution in [3.8, 4) is 0 Å². The van der Waals surface area contributed by atoms with Crippen molar-refractivity contribution in [2.45, 2.75) is 12.8 Å². The lowest BCUT2D eigenvalue weighted by atomic mass is 9.75. The van der Waals surface area contributed by atoms with Crippen molar-refractivity contribution in [2.24, 2.45) is 11.8 Å². The van der Waals surface area contributed by atoms with Crippen LogP contribution in [0.4, 0.5) is 0 Å². The van der Waals surface area contributed by atoms with Gasteiger partial charge in [-0.3, -0.25) is 0 Å². The Balaban J connectivity index is 1.80. The van der Waals surface area contributed by atoms with Gasteiger partial charge in [0, 0.05) is 6.61 Å². The molecule has 1 aromatic rings. The number of esters is 1. The Kier molecular flexibility index (Phi) is 3.57. The van der Waals surface area contributed by atoms with Crippen molar-refractivity contribution in [3.63, 3.8) is 0 Å². The standard InChI is InChI=1S/C13H16O3/c14-8-11-6-7-12(11)9-16-13(15)10-4-2-1-3-5-10/h1-5,11-12,14H,6-9H2. The first-order chi connectivity index (χ1) is 7.81. The minimum absolute atomic E-state index is 0.202. The molecule has 3 nitrogen and oxygen atoms in total. The van der Waals surface area contributed by atoms with E-state index < -0.39 is 0 Å². The van der Waals surface area contributed by atoms with E-state index in [1.54, 1.807) is 12.1 Å². The number of rotatable bonds is 4. The van der Waals surface area contributed by atoms with E-state index in [1.807, 2.05) is 18.2 Å². The average molecular weight is 220 g/mol. The summed E-state index contributed by atoms with van der Waals surface area (Å²) in [5.41, 5.74) is 0.586. The largest absolute Gasteiger partial charge is 0.462 e. The molecule has 86 valence electrons. The Labute approximate surface area is 95.0 Å². The summed E-state index contributed by atoms with van der Waals surface area (Å²) in [7, 11) is 0. The van der Waals surface area contributed by atoms with Gasteiger partial charge in [-0.1, -0.05) is 18.2 Å². The van der Waals surface area contributed by atoms with Crippen LogP contribution in [0, 0.1) is 11.8 Å². The molecule has 0 saturated heterocycles. The lowest BCUT2D eigenvalue weighted by Crippen LogP contribution is -2.33. The summed E-state index contributed by atoms with van der Waals surface area (Å²) in [4.78, 5) is 11.6. The van der Waals surface area contributed by atoms with Gasteiger partial charge in [0.2, 0.25) is 0 Å². The van der Waals surface area contributed by atoms with E-state index in [1.165, 1.54) is 0 Å². The highest BCUT2D eigenvalue weighted by Crippen LogP contribution is 2.33. The zero-order valence-electron chi connectivity index (χ0n) is 9.13. The summed E-state index contributed by atoms with van der Waals surface area (Å²) in [5, 5.41) is 9.00. The molecule has 0 amide bonds. The van der Waals surface area contributed by atoms with Gasteiger partial charge in [0.15, 0.2) is 0 Å². The minimum Gasteiger partial charge on any atom is -0.462 e.